The number of nitro groups is 1. The van der Waals surface area contributed by atoms with Crippen LogP contribution in [0.4, 0.5) is 10.1 Å². The summed E-state index contributed by atoms with van der Waals surface area (Å²) in [5, 5.41) is 19.4. The molecule has 0 aromatic heterocycles. The molecule has 0 aliphatic heterocycles. The van der Waals surface area contributed by atoms with Crippen LogP contribution in [0.5, 0.6) is 0 Å². The highest BCUT2D eigenvalue weighted by Crippen LogP contribution is 2.26. The summed E-state index contributed by atoms with van der Waals surface area (Å²) >= 11 is 0. The van der Waals surface area contributed by atoms with Crippen LogP contribution in [0.15, 0.2) is 18.2 Å². The molecular weight excluding hydrogens is 199 g/mol. The summed E-state index contributed by atoms with van der Waals surface area (Å²) in [4.78, 5) is 9.95. The summed E-state index contributed by atoms with van der Waals surface area (Å²) in [7, 11) is 0. The first-order chi connectivity index (χ1) is 7.11. The summed E-state index contributed by atoms with van der Waals surface area (Å²) in [6.07, 6.45) is 0. The van der Waals surface area contributed by atoms with Gasteiger partial charge in [-0.15, -0.1) is 0 Å². The van der Waals surface area contributed by atoms with Crippen LogP contribution in [0.3, 0.4) is 0 Å². The number of hydrogen-bond donors (Lipinski definition) is 0. The summed E-state index contributed by atoms with van der Waals surface area (Å²) < 4.78 is 12.4. The van der Waals surface area contributed by atoms with E-state index >= 15 is 0 Å². The molecule has 1 radical (unpaired) electrons. The van der Waals surface area contributed by atoms with E-state index in [2.05, 4.69) is 0 Å². The average Bonchev–Trinajstić information content (AvgIpc) is 2.26. The van der Waals surface area contributed by atoms with E-state index in [9.17, 15) is 14.5 Å². The smallest absolute Gasteiger partial charge is 0.258 e. The molecule has 0 spiro atoms. The molecule has 0 amide bonds. The zero-order chi connectivity index (χ0) is 11.4. The molecule has 15 heavy (non-hydrogen) atoms. The van der Waals surface area contributed by atoms with Gasteiger partial charge in [0.05, 0.1) is 11.6 Å². The Bertz CT molecular complexity index is 426. The van der Waals surface area contributed by atoms with E-state index in [0.29, 0.717) is 11.5 Å². The summed E-state index contributed by atoms with van der Waals surface area (Å²) in [6, 6.07) is 5.90. The molecule has 0 N–H and O–H groups in total. The maximum Gasteiger partial charge on any atom is 0.287 e. The molecule has 5 heteroatoms. The maximum atomic E-state index is 12.4. The van der Waals surface area contributed by atoms with E-state index in [1.54, 1.807) is 6.07 Å². The summed E-state index contributed by atoms with van der Waals surface area (Å²) in [5.74, 6) is 0.315. The molecule has 1 aromatic carbocycles. The van der Waals surface area contributed by atoms with Gasteiger partial charge in [0, 0.05) is 12.0 Å². The van der Waals surface area contributed by atoms with Crippen molar-refractivity contribution < 1.29 is 9.31 Å². The van der Waals surface area contributed by atoms with Crippen molar-refractivity contribution in [3.05, 3.63) is 45.4 Å². The lowest BCUT2D eigenvalue weighted by Gasteiger charge is -2.07. The van der Waals surface area contributed by atoms with Gasteiger partial charge in [0.15, 0.2) is 0 Å². The van der Waals surface area contributed by atoms with Gasteiger partial charge < -0.3 is 0 Å². The predicted octanol–water partition coefficient (Wildman–Crippen LogP) is 2.38. The van der Waals surface area contributed by atoms with Crippen LogP contribution in [0.1, 0.15) is 18.1 Å². The van der Waals surface area contributed by atoms with Gasteiger partial charge >= 0.3 is 0 Å². The lowest BCUT2D eigenvalue weighted by Crippen LogP contribution is -2.03. The molecule has 0 aliphatic carbocycles. The number of rotatable bonds is 3. The summed E-state index contributed by atoms with van der Waals surface area (Å²) in [6.45, 7) is 0.774. The summed E-state index contributed by atoms with van der Waals surface area (Å²) in [5.41, 5.74) is -0.0744. The molecule has 77 valence electrons. The number of nitrogens with zero attached hydrogens (tertiary/aromatic N) is 2. The van der Waals surface area contributed by atoms with Crippen molar-refractivity contribution in [1.29, 1.82) is 5.26 Å². The molecule has 0 saturated carbocycles. The molecular formula is C10H8FN2O2. The largest absolute Gasteiger partial charge is 0.287 e. The van der Waals surface area contributed by atoms with Gasteiger partial charge in [0.2, 0.25) is 0 Å². The minimum Gasteiger partial charge on any atom is -0.258 e. The van der Waals surface area contributed by atoms with Crippen LogP contribution in [0.25, 0.3) is 0 Å². The second-order valence-corrected chi connectivity index (χ2v) is 2.98. The van der Waals surface area contributed by atoms with Gasteiger partial charge in [0.1, 0.15) is 11.6 Å². The molecule has 1 aromatic rings. The number of halogens is 1. The Kier molecular flexibility index (Phi) is 3.34. The van der Waals surface area contributed by atoms with Crippen molar-refractivity contribution in [3.63, 3.8) is 0 Å². The second kappa shape index (κ2) is 4.51. The second-order valence-electron chi connectivity index (χ2n) is 2.98. The number of hydrogen-bond acceptors (Lipinski definition) is 3. The molecule has 0 unspecified atom stereocenters. The Morgan fingerprint density at radius 1 is 1.67 bits per heavy atom. The van der Waals surface area contributed by atoms with Crippen LogP contribution in [0, 0.1) is 27.4 Å². The van der Waals surface area contributed by atoms with Gasteiger partial charge in [-0.1, -0.05) is 19.1 Å². The highest BCUT2D eigenvalue weighted by Gasteiger charge is 2.20. The third kappa shape index (κ3) is 2.10. The van der Waals surface area contributed by atoms with Crippen molar-refractivity contribution in [2.75, 3.05) is 6.67 Å². The van der Waals surface area contributed by atoms with Crippen LogP contribution >= 0.6 is 0 Å². The van der Waals surface area contributed by atoms with E-state index in [4.69, 9.17) is 5.26 Å². The monoisotopic (exact) mass is 207 g/mol. The van der Waals surface area contributed by atoms with Crippen molar-refractivity contribution in [1.82, 2.24) is 0 Å². The zero-order valence-electron chi connectivity index (χ0n) is 8.03. The number of benzene rings is 1. The molecule has 1 rings (SSSR count). The quantitative estimate of drug-likeness (QED) is 0.564. The van der Waals surface area contributed by atoms with Crippen molar-refractivity contribution in [3.8, 4) is 6.07 Å². The molecule has 0 fully saturated rings. The van der Waals surface area contributed by atoms with Crippen molar-refractivity contribution >= 4 is 5.69 Å². The van der Waals surface area contributed by atoms with Gasteiger partial charge in [-0.25, -0.2) is 0 Å². The standard InChI is InChI=1S/C10H8FN2O2/c1-7(5-11)8-3-2-4-10(13(14)15)9(8)6-12/h2-4H,5H2,1H3. The topological polar surface area (TPSA) is 66.9 Å². The maximum absolute atomic E-state index is 12.4. The Balaban J connectivity index is 3.36. The van der Waals surface area contributed by atoms with Crippen molar-refractivity contribution in [2.24, 2.45) is 0 Å². The van der Waals surface area contributed by atoms with E-state index in [0.717, 1.165) is 0 Å². The van der Waals surface area contributed by atoms with Gasteiger partial charge in [-0.05, 0) is 5.56 Å². The predicted molar refractivity (Wildman–Crippen MR) is 51.8 cm³/mol. The molecule has 0 bridgehead atoms. The SMILES string of the molecule is C[C](CF)c1cccc([N+](=O)[O-])c1C#N. The molecule has 0 heterocycles. The lowest BCUT2D eigenvalue weighted by atomic mass is 9.96. The van der Waals surface area contributed by atoms with E-state index in [1.165, 1.54) is 25.1 Å². The normalized spacial score (nSPS) is 10.0. The zero-order valence-corrected chi connectivity index (χ0v) is 8.03. The lowest BCUT2D eigenvalue weighted by molar-refractivity contribution is -0.385. The van der Waals surface area contributed by atoms with Gasteiger partial charge in [0.25, 0.3) is 5.69 Å². The number of alkyl halides is 1. The Morgan fingerprint density at radius 3 is 2.80 bits per heavy atom. The first-order valence-corrected chi connectivity index (χ1v) is 4.18. The minimum atomic E-state index is -0.726. The van der Waals surface area contributed by atoms with E-state index in [-0.39, 0.29) is 11.3 Å². The minimum absolute atomic E-state index is 0.0855. The third-order valence-corrected chi connectivity index (χ3v) is 2.01. The third-order valence-electron chi connectivity index (χ3n) is 2.01. The van der Waals surface area contributed by atoms with Gasteiger partial charge in [-0.2, -0.15) is 5.26 Å². The highest BCUT2D eigenvalue weighted by molar-refractivity contribution is 5.57. The van der Waals surface area contributed by atoms with E-state index in [1.807, 2.05) is 0 Å². The fourth-order valence-corrected chi connectivity index (χ4v) is 1.24. The van der Waals surface area contributed by atoms with E-state index < -0.39 is 11.6 Å². The highest BCUT2D eigenvalue weighted by atomic mass is 19.1. The van der Waals surface area contributed by atoms with Crippen LogP contribution < -0.4 is 0 Å². The van der Waals surface area contributed by atoms with Crippen LogP contribution in [-0.2, 0) is 0 Å². The van der Waals surface area contributed by atoms with Crippen LogP contribution in [-0.4, -0.2) is 11.6 Å². The molecule has 4 nitrogen and oxygen atoms in total. The molecule has 0 atom stereocenters. The Labute approximate surface area is 86.1 Å². The fourth-order valence-electron chi connectivity index (χ4n) is 1.24. The number of nitriles is 1. The Hall–Kier alpha value is -1.96. The van der Waals surface area contributed by atoms with Crippen molar-refractivity contribution in [2.45, 2.75) is 6.92 Å². The molecule has 0 aliphatic rings. The van der Waals surface area contributed by atoms with Crippen LogP contribution in [0.2, 0.25) is 0 Å². The first-order valence-electron chi connectivity index (χ1n) is 4.18. The fraction of sp³-hybridized carbons (Fsp3) is 0.200. The van der Waals surface area contributed by atoms with Gasteiger partial charge in [-0.3, -0.25) is 14.5 Å². The first kappa shape index (κ1) is 11.1. The number of nitro benzene ring substituents is 1. The Morgan fingerprint density at radius 2 is 2.33 bits per heavy atom. The average molecular weight is 207 g/mol. The molecule has 0 saturated heterocycles.